The molecule has 1 aromatic heterocycles. The number of carboxylic acids is 2. The van der Waals surface area contributed by atoms with Crippen molar-refractivity contribution in [3.05, 3.63) is 94.1 Å². The van der Waals surface area contributed by atoms with E-state index < -0.39 is 60.7 Å². The topological polar surface area (TPSA) is 320 Å². The number of anilines is 1. The third-order valence-corrected chi connectivity index (χ3v) is 9.64. The van der Waals surface area contributed by atoms with Gasteiger partial charge in [0.15, 0.2) is 17.5 Å². The van der Waals surface area contributed by atoms with Crippen molar-refractivity contribution in [2.45, 2.75) is 50.8 Å². The van der Waals surface area contributed by atoms with Crippen LogP contribution in [0.15, 0.2) is 86.8 Å². The lowest BCUT2D eigenvalue weighted by atomic mass is 9.87. The number of ether oxygens (including phenoxy) is 2. The average Bonchev–Trinajstić information content (AvgIpc) is 3.65. The molecule has 21 heteroatoms. The number of aliphatic hydroxyl groups is 2. The number of aliphatic hydroxyl groups excluding tert-OH is 2. The Morgan fingerprint density at radius 3 is 2.54 bits per heavy atom. The normalized spacial score (nSPS) is 17.3. The molecule has 0 bridgehead atoms. The largest absolute Gasteiger partial charge is 0.508 e. The Kier molecular flexibility index (Phi) is 12.4. The number of amides is 1. The molecule has 20 nitrogen and oxygen atoms in total. The van der Waals surface area contributed by atoms with Gasteiger partial charge in [0, 0.05) is 53.2 Å². The SMILES string of the molecule is C[C@H]1[C@H]([C@H](OC(=O)NCc2cn(CCC(=S)Nc3ccc(-c4c5ccc(=O)cc-5oc5cc(O)ccc45)c(C(=O)O)c3)nn2)[C@H](O)CO)OC(C(=O)O)=C[C@@H]1N=C(N)N. The van der Waals surface area contributed by atoms with E-state index in [4.69, 9.17) is 37.6 Å². The number of alkyl carbamates (subject to hydrolysis) is 1. The summed E-state index contributed by atoms with van der Waals surface area (Å²) in [6.45, 7) is 0.804. The number of aliphatic imine (C=N–C) groups is 1. The van der Waals surface area contributed by atoms with Crippen molar-refractivity contribution in [2.24, 2.45) is 22.4 Å². The van der Waals surface area contributed by atoms with E-state index in [1.807, 2.05) is 0 Å². The van der Waals surface area contributed by atoms with Gasteiger partial charge in [-0.25, -0.2) is 19.4 Å². The lowest BCUT2D eigenvalue weighted by Crippen LogP contribution is -2.52. The number of carbonyl (C=O) groups is 3. The summed E-state index contributed by atoms with van der Waals surface area (Å²) in [6.07, 6.45) is -2.56. The van der Waals surface area contributed by atoms with Crippen LogP contribution in [0.4, 0.5) is 10.5 Å². The van der Waals surface area contributed by atoms with E-state index in [9.17, 15) is 44.7 Å². The highest BCUT2D eigenvalue weighted by Gasteiger charge is 2.44. The van der Waals surface area contributed by atoms with Crippen LogP contribution in [0.25, 0.3) is 33.4 Å². The molecule has 1 amide bonds. The fourth-order valence-electron chi connectivity index (χ4n) is 6.54. The summed E-state index contributed by atoms with van der Waals surface area (Å²) >= 11 is 5.53. The zero-order chi connectivity index (χ0) is 42.5. The van der Waals surface area contributed by atoms with Crippen LogP contribution in [0.5, 0.6) is 5.75 Å². The van der Waals surface area contributed by atoms with Gasteiger partial charge >= 0.3 is 18.0 Å². The maximum Gasteiger partial charge on any atom is 0.407 e. The molecule has 3 heterocycles. The monoisotopic (exact) mass is 830 g/mol. The first-order chi connectivity index (χ1) is 28.1. The standard InChI is InChI=1S/C38H38N8O12S/c1-17-26(43-37(39)40)13-30(36(53)54)57-33(17)34(27(50)16-47)58-38(55)41-14-19-15-46(45-44-19)9-8-31(59)42-18-2-5-22(25(10-18)35(51)52)32-23-6-3-20(48)11-28(23)56-29-12-21(49)4-7-24(29)32/h2-7,10-13,15,17,26-27,33-34,47-48,50H,8-9,14,16H2,1H3,(H,41,55)(H,42,59)(H,51,52)(H,53,54)(H4,39,40,43)/t17-,26+,27-,33-,34-/m1/s1. The highest BCUT2D eigenvalue weighted by atomic mass is 32.1. The number of nitrogens with zero attached hydrogens (tertiary/aromatic N) is 4. The second-order valence-electron chi connectivity index (χ2n) is 13.4. The van der Waals surface area contributed by atoms with Crippen molar-refractivity contribution in [1.82, 2.24) is 20.3 Å². The van der Waals surface area contributed by atoms with Gasteiger partial charge in [-0.2, -0.15) is 0 Å². The Morgan fingerprint density at radius 1 is 1.07 bits per heavy atom. The van der Waals surface area contributed by atoms with Crippen LogP contribution in [-0.2, 0) is 27.4 Å². The molecular formula is C38H38N8O12S. The summed E-state index contributed by atoms with van der Waals surface area (Å²) in [6, 6.07) is 12.5. The third kappa shape index (κ3) is 9.55. The molecule has 3 aliphatic rings. The summed E-state index contributed by atoms with van der Waals surface area (Å²) in [5.41, 5.74) is 12.9. The fourth-order valence-corrected chi connectivity index (χ4v) is 6.75. The number of phenolic OH excluding ortho intramolecular Hbond substituents is 1. The molecular weight excluding hydrogens is 793 g/mol. The molecule has 0 saturated heterocycles. The quantitative estimate of drug-likeness (QED) is 0.0334. The number of aromatic hydroxyl groups is 1. The number of fused-ring (bicyclic) bond motifs is 2. The van der Waals surface area contributed by atoms with Crippen LogP contribution >= 0.6 is 12.2 Å². The first-order valence-electron chi connectivity index (χ1n) is 17.8. The molecule has 308 valence electrons. The van der Waals surface area contributed by atoms with Gasteiger partial charge in [0.1, 0.15) is 35.0 Å². The van der Waals surface area contributed by atoms with E-state index in [0.717, 1.165) is 0 Å². The molecule has 59 heavy (non-hydrogen) atoms. The number of hydrogen-bond acceptors (Lipinski definition) is 14. The molecule has 0 radical (unpaired) electrons. The molecule has 1 aliphatic carbocycles. The molecule has 0 saturated carbocycles. The lowest BCUT2D eigenvalue weighted by Gasteiger charge is -2.38. The summed E-state index contributed by atoms with van der Waals surface area (Å²) in [5.74, 6) is -4.10. The van der Waals surface area contributed by atoms with E-state index >= 15 is 0 Å². The number of nitrogens with two attached hydrogens (primary N) is 2. The van der Waals surface area contributed by atoms with Gasteiger partial charge < -0.3 is 61.5 Å². The number of aromatic carboxylic acids is 1. The maximum atomic E-state index is 12.9. The van der Waals surface area contributed by atoms with Gasteiger partial charge in [-0.05, 0) is 48.0 Å². The van der Waals surface area contributed by atoms with E-state index in [2.05, 4.69) is 25.9 Å². The summed E-state index contributed by atoms with van der Waals surface area (Å²) < 4.78 is 18.3. The molecule has 5 atom stereocenters. The predicted molar refractivity (Wildman–Crippen MR) is 214 cm³/mol. The summed E-state index contributed by atoms with van der Waals surface area (Å²) in [4.78, 5) is 53.6. The van der Waals surface area contributed by atoms with Gasteiger partial charge in [-0.1, -0.05) is 30.4 Å². The number of nitrogens with one attached hydrogen (secondary N) is 2. The number of guanidine groups is 1. The van der Waals surface area contributed by atoms with E-state index in [1.165, 1.54) is 47.3 Å². The molecule has 11 N–H and O–H groups in total. The molecule has 0 fully saturated rings. The van der Waals surface area contributed by atoms with Crippen LogP contribution in [0.1, 0.15) is 29.4 Å². The van der Waals surface area contributed by atoms with Crippen LogP contribution in [0, 0.1) is 5.92 Å². The summed E-state index contributed by atoms with van der Waals surface area (Å²) in [5, 5.41) is 64.2. The van der Waals surface area contributed by atoms with Gasteiger partial charge in [-0.3, -0.25) is 9.48 Å². The Hall–Kier alpha value is -7.10. The second kappa shape index (κ2) is 17.6. The molecule has 2 aromatic carbocycles. The molecule has 2 aliphatic heterocycles. The molecule has 0 unspecified atom stereocenters. The van der Waals surface area contributed by atoms with Crippen molar-refractivity contribution in [3.8, 4) is 28.2 Å². The maximum absolute atomic E-state index is 12.9. The molecule has 6 rings (SSSR count). The number of rotatable bonds is 14. The number of aryl methyl sites for hydroxylation is 1. The third-order valence-electron chi connectivity index (χ3n) is 9.33. The number of thiocarbonyl (C=S) groups is 1. The van der Waals surface area contributed by atoms with Crippen LogP contribution in [-0.4, -0.2) is 100 Å². The highest BCUT2D eigenvalue weighted by molar-refractivity contribution is 7.80. The minimum absolute atomic E-state index is 0.0622. The van der Waals surface area contributed by atoms with Crippen molar-refractivity contribution < 1.29 is 53.8 Å². The Balaban J connectivity index is 1.08. The smallest absolute Gasteiger partial charge is 0.407 e. The number of carboxylic acid groups (broad SMARTS) is 2. The fraction of sp³-hybridized carbons (Fsp3) is 0.263. The van der Waals surface area contributed by atoms with Gasteiger partial charge in [0.25, 0.3) is 0 Å². The van der Waals surface area contributed by atoms with Gasteiger partial charge in [0.05, 0.1) is 35.9 Å². The number of benzene rings is 3. The number of aromatic nitrogens is 3. The average molecular weight is 831 g/mol. The van der Waals surface area contributed by atoms with Gasteiger partial charge in [0.2, 0.25) is 5.76 Å². The second-order valence-corrected chi connectivity index (χ2v) is 13.9. The lowest BCUT2D eigenvalue weighted by molar-refractivity contribution is -0.147. The van der Waals surface area contributed by atoms with E-state index in [1.54, 1.807) is 31.2 Å². The van der Waals surface area contributed by atoms with Crippen molar-refractivity contribution in [2.75, 3.05) is 11.9 Å². The Bertz CT molecular complexity index is 2520. The Labute approximate surface area is 338 Å². The van der Waals surface area contributed by atoms with Crippen LogP contribution in [0.2, 0.25) is 0 Å². The number of carbonyl (C=O) groups excluding carboxylic acids is 1. The number of hydrogen-bond donors (Lipinski definition) is 9. The van der Waals surface area contributed by atoms with Crippen molar-refractivity contribution in [3.63, 3.8) is 0 Å². The van der Waals surface area contributed by atoms with Gasteiger partial charge in [-0.15, -0.1) is 5.10 Å². The first kappa shape index (κ1) is 41.5. The van der Waals surface area contributed by atoms with Crippen molar-refractivity contribution in [1.29, 1.82) is 0 Å². The minimum atomic E-state index is -1.67. The van der Waals surface area contributed by atoms with Crippen LogP contribution in [0.3, 0.4) is 0 Å². The van der Waals surface area contributed by atoms with E-state index in [0.29, 0.717) is 38.4 Å². The predicted octanol–water partition coefficient (Wildman–Crippen LogP) is 1.98. The first-order valence-corrected chi connectivity index (χ1v) is 18.2. The van der Waals surface area contributed by atoms with Crippen LogP contribution < -0.4 is 27.5 Å². The zero-order valence-electron chi connectivity index (χ0n) is 31.0. The van der Waals surface area contributed by atoms with E-state index in [-0.39, 0.29) is 53.6 Å². The number of phenols is 1. The minimum Gasteiger partial charge on any atom is -0.508 e. The Morgan fingerprint density at radius 2 is 1.83 bits per heavy atom. The molecule has 0 spiro atoms. The highest BCUT2D eigenvalue weighted by Crippen LogP contribution is 2.42. The zero-order valence-corrected chi connectivity index (χ0v) is 31.8. The molecule has 3 aromatic rings. The van der Waals surface area contributed by atoms with Crippen molar-refractivity contribution >= 4 is 57.9 Å². The summed E-state index contributed by atoms with van der Waals surface area (Å²) in [7, 11) is 0. The number of aliphatic carboxylic acids is 1.